The molecule has 0 bridgehead atoms. The summed E-state index contributed by atoms with van der Waals surface area (Å²) in [5.41, 5.74) is 5.71. The van der Waals surface area contributed by atoms with E-state index in [9.17, 15) is 4.79 Å². The quantitative estimate of drug-likeness (QED) is 0.366. The van der Waals surface area contributed by atoms with Gasteiger partial charge in [0, 0.05) is 60.4 Å². The third-order valence-corrected chi connectivity index (χ3v) is 6.36. The van der Waals surface area contributed by atoms with Gasteiger partial charge in [-0.1, -0.05) is 36.4 Å². The molecule has 5 rings (SSSR count). The van der Waals surface area contributed by atoms with Crippen LogP contribution < -0.4 is 15.5 Å². The maximum absolute atomic E-state index is 12.0. The minimum Gasteiger partial charge on any atom is -0.369 e. The molecular weight excluding hydrogens is 448 g/mol. The standard InChI is InChI=1S/C29H30N6O/c1-3-6-27(36)31-24-9-4-7-21(19-24)26-10-5-8-22-20-30-29(33-28(22)26)32-23-11-13-25(14-12-23)35-17-15-34(2)16-18-35/h3-14,19-20H,15-18H2,1-2H3,(H,31,36)(H,30,32,33)/b6-3-. The zero-order valence-corrected chi connectivity index (χ0v) is 20.6. The maximum atomic E-state index is 12.0. The Balaban J connectivity index is 1.38. The van der Waals surface area contributed by atoms with Crippen molar-refractivity contribution < 1.29 is 4.79 Å². The van der Waals surface area contributed by atoms with E-state index >= 15 is 0 Å². The molecule has 0 atom stereocenters. The van der Waals surface area contributed by atoms with Gasteiger partial charge in [0.2, 0.25) is 11.9 Å². The Bertz CT molecular complexity index is 1390. The van der Waals surface area contributed by atoms with Crippen LogP contribution in [0.5, 0.6) is 0 Å². The molecule has 0 saturated carbocycles. The van der Waals surface area contributed by atoms with Crippen LogP contribution in [0.3, 0.4) is 0 Å². The van der Waals surface area contributed by atoms with Crippen molar-refractivity contribution in [2.45, 2.75) is 6.92 Å². The van der Waals surface area contributed by atoms with Crippen LogP contribution in [0.25, 0.3) is 22.0 Å². The summed E-state index contributed by atoms with van der Waals surface area (Å²) in [5, 5.41) is 7.20. The molecule has 0 unspecified atom stereocenters. The third kappa shape index (κ3) is 5.37. The maximum Gasteiger partial charge on any atom is 0.248 e. The SMILES string of the molecule is C/C=C\C(=O)Nc1cccc(-c2cccc3cnc(Nc4ccc(N5CCN(C)CC5)cc4)nc23)c1. The molecule has 2 heterocycles. The van der Waals surface area contributed by atoms with Crippen molar-refractivity contribution in [2.24, 2.45) is 0 Å². The first-order valence-corrected chi connectivity index (χ1v) is 12.2. The zero-order chi connectivity index (χ0) is 24.9. The first-order chi connectivity index (χ1) is 17.6. The molecule has 36 heavy (non-hydrogen) atoms. The van der Waals surface area contributed by atoms with Crippen LogP contribution in [0.2, 0.25) is 0 Å². The van der Waals surface area contributed by atoms with E-state index in [2.05, 4.69) is 56.7 Å². The molecule has 7 heteroatoms. The van der Waals surface area contributed by atoms with Crippen molar-refractivity contribution in [2.75, 3.05) is 48.8 Å². The van der Waals surface area contributed by atoms with Crippen LogP contribution >= 0.6 is 0 Å². The van der Waals surface area contributed by atoms with E-state index in [4.69, 9.17) is 4.98 Å². The minimum absolute atomic E-state index is 0.153. The Morgan fingerprint density at radius 2 is 1.72 bits per heavy atom. The molecule has 2 N–H and O–H groups in total. The molecule has 1 aliphatic heterocycles. The number of allylic oxidation sites excluding steroid dienone is 1. The fourth-order valence-electron chi connectivity index (χ4n) is 4.40. The first-order valence-electron chi connectivity index (χ1n) is 12.2. The third-order valence-electron chi connectivity index (χ3n) is 6.36. The lowest BCUT2D eigenvalue weighted by molar-refractivity contribution is -0.111. The van der Waals surface area contributed by atoms with E-state index in [1.54, 1.807) is 6.08 Å². The molecule has 1 fully saturated rings. The average molecular weight is 479 g/mol. The smallest absolute Gasteiger partial charge is 0.248 e. The van der Waals surface area contributed by atoms with Gasteiger partial charge in [-0.2, -0.15) is 0 Å². The Labute approximate surface area is 211 Å². The number of aromatic nitrogens is 2. The number of anilines is 4. The summed E-state index contributed by atoms with van der Waals surface area (Å²) in [6.07, 6.45) is 5.06. The van der Waals surface area contributed by atoms with Crippen molar-refractivity contribution in [3.63, 3.8) is 0 Å². The van der Waals surface area contributed by atoms with Crippen LogP contribution in [0.15, 0.2) is 85.1 Å². The lowest BCUT2D eigenvalue weighted by Gasteiger charge is -2.34. The molecule has 1 aromatic heterocycles. The van der Waals surface area contributed by atoms with Crippen LogP contribution in [-0.2, 0) is 4.79 Å². The summed E-state index contributed by atoms with van der Waals surface area (Å²) < 4.78 is 0. The van der Waals surface area contributed by atoms with E-state index in [0.717, 1.165) is 59.6 Å². The Morgan fingerprint density at radius 3 is 2.50 bits per heavy atom. The largest absolute Gasteiger partial charge is 0.369 e. The first kappa shape index (κ1) is 23.5. The highest BCUT2D eigenvalue weighted by Crippen LogP contribution is 2.30. The van der Waals surface area contributed by atoms with Gasteiger partial charge in [-0.05, 0) is 62.0 Å². The summed E-state index contributed by atoms with van der Waals surface area (Å²) in [4.78, 5) is 26.1. The van der Waals surface area contributed by atoms with Crippen LogP contribution in [0, 0.1) is 0 Å². The molecule has 1 amide bonds. The van der Waals surface area contributed by atoms with E-state index in [-0.39, 0.29) is 5.91 Å². The summed E-state index contributed by atoms with van der Waals surface area (Å²) in [5.74, 6) is 0.389. The van der Waals surface area contributed by atoms with Gasteiger partial charge >= 0.3 is 0 Å². The highest BCUT2D eigenvalue weighted by atomic mass is 16.1. The van der Waals surface area contributed by atoms with Gasteiger partial charge in [-0.25, -0.2) is 9.97 Å². The molecule has 7 nitrogen and oxygen atoms in total. The number of benzene rings is 3. The number of piperazine rings is 1. The molecule has 0 radical (unpaired) electrons. The van der Waals surface area contributed by atoms with Crippen molar-refractivity contribution in [3.8, 4) is 11.1 Å². The van der Waals surface area contributed by atoms with Crippen LogP contribution in [0.1, 0.15) is 6.92 Å². The van der Waals surface area contributed by atoms with Gasteiger partial charge in [-0.15, -0.1) is 0 Å². The number of rotatable bonds is 6. The Kier molecular flexibility index (Phi) is 6.91. The van der Waals surface area contributed by atoms with Crippen LogP contribution in [0.4, 0.5) is 23.0 Å². The number of likely N-dealkylation sites (N-methyl/N-ethyl adjacent to an activating group) is 1. The number of fused-ring (bicyclic) bond motifs is 1. The monoisotopic (exact) mass is 478 g/mol. The second-order valence-corrected chi connectivity index (χ2v) is 8.97. The normalized spacial score (nSPS) is 14.3. The number of carbonyl (C=O) groups is 1. The van der Waals surface area contributed by atoms with Gasteiger partial charge in [0.15, 0.2) is 0 Å². The average Bonchev–Trinajstić information content (AvgIpc) is 2.89. The number of carbonyl (C=O) groups excluding carboxylic acids is 1. The molecule has 1 saturated heterocycles. The van der Waals surface area contributed by atoms with Gasteiger partial charge < -0.3 is 20.4 Å². The highest BCUT2D eigenvalue weighted by molar-refractivity contribution is 6.00. The molecule has 0 aliphatic carbocycles. The molecule has 1 aliphatic rings. The predicted molar refractivity (Wildman–Crippen MR) is 148 cm³/mol. The van der Waals surface area contributed by atoms with Crippen molar-refractivity contribution in [1.29, 1.82) is 0 Å². The van der Waals surface area contributed by atoms with Crippen LogP contribution in [-0.4, -0.2) is 54.0 Å². The summed E-state index contributed by atoms with van der Waals surface area (Å²) in [7, 11) is 2.17. The lowest BCUT2D eigenvalue weighted by atomic mass is 10.0. The number of para-hydroxylation sites is 1. The summed E-state index contributed by atoms with van der Waals surface area (Å²) in [6, 6.07) is 22.3. The zero-order valence-electron chi connectivity index (χ0n) is 20.6. The molecule has 182 valence electrons. The molecule has 3 aromatic carbocycles. The number of nitrogens with one attached hydrogen (secondary N) is 2. The second-order valence-electron chi connectivity index (χ2n) is 8.97. The fraction of sp³-hybridized carbons (Fsp3) is 0.207. The predicted octanol–water partition coefficient (Wildman–Crippen LogP) is 5.31. The fourth-order valence-corrected chi connectivity index (χ4v) is 4.40. The van der Waals surface area contributed by atoms with E-state index < -0.39 is 0 Å². The minimum atomic E-state index is -0.153. The van der Waals surface area contributed by atoms with Gasteiger partial charge in [0.25, 0.3) is 0 Å². The number of hydrogen-bond donors (Lipinski definition) is 2. The Morgan fingerprint density at radius 1 is 0.944 bits per heavy atom. The number of nitrogens with zero attached hydrogens (tertiary/aromatic N) is 4. The Hall–Kier alpha value is -4.23. The lowest BCUT2D eigenvalue weighted by Crippen LogP contribution is -2.44. The van der Waals surface area contributed by atoms with Gasteiger partial charge in [0.05, 0.1) is 5.52 Å². The van der Waals surface area contributed by atoms with Gasteiger partial charge in [0.1, 0.15) is 0 Å². The molecule has 0 spiro atoms. The van der Waals surface area contributed by atoms with E-state index in [1.807, 2.05) is 55.6 Å². The topological polar surface area (TPSA) is 73.4 Å². The molecule has 4 aromatic rings. The number of hydrogen-bond acceptors (Lipinski definition) is 6. The van der Waals surface area contributed by atoms with Crippen molar-refractivity contribution >= 4 is 39.8 Å². The second kappa shape index (κ2) is 10.6. The van der Waals surface area contributed by atoms with E-state index in [0.29, 0.717) is 5.95 Å². The van der Waals surface area contributed by atoms with Gasteiger partial charge in [-0.3, -0.25) is 4.79 Å². The van der Waals surface area contributed by atoms with Crippen molar-refractivity contribution in [1.82, 2.24) is 14.9 Å². The van der Waals surface area contributed by atoms with E-state index in [1.165, 1.54) is 11.8 Å². The number of amides is 1. The molecular formula is C29H30N6O. The van der Waals surface area contributed by atoms with Crippen molar-refractivity contribution in [3.05, 3.63) is 85.1 Å². The summed E-state index contributed by atoms with van der Waals surface area (Å²) >= 11 is 0. The summed E-state index contributed by atoms with van der Waals surface area (Å²) in [6.45, 7) is 6.07. The highest BCUT2D eigenvalue weighted by Gasteiger charge is 2.14.